The van der Waals surface area contributed by atoms with Crippen LogP contribution in [0, 0.1) is 0 Å². The molecule has 0 radical (unpaired) electrons. The second-order valence-electron chi connectivity index (χ2n) is 2.17. The summed E-state index contributed by atoms with van der Waals surface area (Å²) in [7, 11) is 1.52. The van der Waals surface area contributed by atoms with Gasteiger partial charge in [-0.25, -0.2) is 13.8 Å². The Morgan fingerprint density at radius 2 is 2.36 bits per heavy atom. The maximum atomic E-state index is 12.1. The van der Waals surface area contributed by atoms with Gasteiger partial charge in [0.1, 0.15) is 0 Å². The van der Waals surface area contributed by atoms with Gasteiger partial charge in [0.15, 0.2) is 5.82 Å². The molecular weight excluding hydrogens is 152 g/mol. The molecule has 0 aliphatic heterocycles. The van der Waals surface area contributed by atoms with Crippen molar-refractivity contribution in [1.82, 2.24) is 9.55 Å². The van der Waals surface area contributed by atoms with E-state index in [1.807, 2.05) is 0 Å². The smallest absolute Gasteiger partial charge is 0.295 e. The topological polar surface area (TPSA) is 43.8 Å². The fraction of sp³-hybridized carbons (Fsp3) is 0.500. The van der Waals surface area contributed by atoms with Gasteiger partial charge < -0.3 is 10.3 Å². The third-order valence-electron chi connectivity index (χ3n) is 1.52. The SMILES string of the molecule is Cn1c(CN)cnc1C(F)F. The van der Waals surface area contributed by atoms with Crippen molar-refractivity contribution in [1.29, 1.82) is 0 Å². The molecule has 2 N–H and O–H groups in total. The maximum absolute atomic E-state index is 12.1. The lowest BCUT2D eigenvalue weighted by Crippen LogP contribution is -2.06. The molecule has 0 amide bonds. The second kappa shape index (κ2) is 2.96. The highest BCUT2D eigenvalue weighted by Gasteiger charge is 2.14. The number of hydrogen-bond donors (Lipinski definition) is 1. The summed E-state index contributed by atoms with van der Waals surface area (Å²) in [4.78, 5) is 3.52. The Morgan fingerprint density at radius 1 is 1.73 bits per heavy atom. The van der Waals surface area contributed by atoms with E-state index >= 15 is 0 Å². The first-order valence-electron chi connectivity index (χ1n) is 3.15. The quantitative estimate of drug-likeness (QED) is 0.697. The lowest BCUT2D eigenvalue weighted by molar-refractivity contribution is 0.136. The summed E-state index contributed by atoms with van der Waals surface area (Å²) in [6, 6.07) is 0. The maximum Gasteiger partial charge on any atom is 0.295 e. The van der Waals surface area contributed by atoms with E-state index in [1.165, 1.54) is 17.8 Å². The third kappa shape index (κ3) is 1.37. The van der Waals surface area contributed by atoms with Gasteiger partial charge in [-0.15, -0.1) is 0 Å². The average molecular weight is 161 g/mol. The average Bonchev–Trinajstić information content (AvgIpc) is 2.30. The van der Waals surface area contributed by atoms with Gasteiger partial charge in [-0.1, -0.05) is 0 Å². The molecule has 1 heterocycles. The van der Waals surface area contributed by atoms with E-state index in [-0.39, 0.29) is 12.4 Å². The standard InChI is InChI=1S/C6H9F2N3/c1-11-4(2-9)3-10-6(11)5(7)8/h3,5H,2,9H2,1H3. The van der Waals surface area contributed by atoms with Crippen LogP contribution >= 0.6 is 0 Å². The van der Waals surface area contributed by atoms with Crippen molar-refractivity contribution in [2.45, 2.75) is 13.0 Å². The van der Waals surface area contributed by atoms with Crippen LogP contribution in [0.25, 0.3) is 0 Å². The minimum absolute atomic E-state index is 0.231. The Hall–Kier alpha value is -0.970. The highest BCUT2D eigenvalue weighted by atomic mass is 19.3. The lowest BCUT2D eigenvalue weighted by Gasteiger charge is -2.01. The van der Waals surface area contributed by atoms with Gasteiger partial charge in [0.25, 0.3) is 6.43 Å². The second-order valence-corrected chi connectivity index (χ2v) is 2.17. The van der Waals surface area contributed by atoms with Gasteiger partial charge in [0.05, 0.1) is 5.69 Å². The molecule has 0 atom stereocenters. The van der Waals surface area contributed by atoms with Gasteiger partial charge in [0.2, 0.25) is 0 Å². The minimum Gasteiger partial charge on any atom is -0.329 e. The summed E-state index contributed by atoms with van der Waals surface area (Å²) in [5.74, 6) is -0.231. The zero-order valence-corrected chi connectivity index (χ0v) is 6.09. The molecule has 0 saturated heterocycles. The van der Waals surface area contributed by atoms with Crippen LogP contribution in [-0.2, 0) is 13.6 Å². The molecule has 5 heteroatoms. The summed E-state index contributed by atoms with van der Waals surface area (Å²) in [5, 5.41) is 0. The first kappa shape index (κ1) is 8.13. The molecule has 0 aromatic carbocycles. The van der Waals surface area contributed by atoms with Crippen molar-refractivity contribution in [3.8, 4) is 0 Å². The molecule has 1 rings (SSSR count). The molecule has 62 valence electrons. The summed E-state index contributed by atoms with van der Waals surface area (Å²) < 4.78 is 25.4. The van der Waals surface area contributed by atoms with Gasteiger partial charge in [0, 0.05) is 19.8 Å². The van der Waals surface area contributed by atoms with E-state index in [0.717, 1.165) is 0 Å². The number of halogens is 2. The van der Waals surface area contributed by atoms with Crippen molar-refractivity contribution in [2.75, 3.05) is 0 Å². The van der Waals surface area contributed by atoms with Crippen molar-refractivity contribution in [3.63, 3.8) is 0 Å². The van der Waals surface area contributed by atoms with Crippen molar-refractivity contribution < 1.29 is 8.78 Å². The van der Waals surface area contributed by atoms with Gasteiger partial charge in [-0.2, -0.15) is 0 Å². The van der Waals surface area contributed by atoms with Crippen LogP contribution in [0.2, 0.25) is 0 Å². The molecule has 0 fully saturated rings. The van der Waals surface area contributed by atoms with Gasteiger partial charge in [-0.3, -0.25) is 0 Å². The molecular formula is C6H9F2N3. The van der Waals surface area contributed by atoms with Crippen molar-refractivity contribution in [2.24, 2.45) is 12.8 Å². The van der Waals surface area contributed by atoms with Gasteiger partial charge in [-0.05, 0) is 0 Å². The van der Waals surface area contributed by atoms with E-state index in [2.05, 4.69) is 4.98 Å². The molecule has 1 aromatic heterocycles. The highest BCUT2D eigenvalue weighted by Crippen LogP contribution is 2.16. The molecule has 0 aliphatic carbocycles. The molecule has 0 saturated carbocycles. The monoisotopic (exact) mass is 161 g/mol. The van der Waals surface area contributed by atoms with Crippen LogP contribution in [0.4, 0.5) is 8.78 Å². The van der Waals surface area contributed by atoms with E-state index in [1.54, 1.807) is 0 Å². The van der Waals surface area contributed by atoms with E-state index in [9.17, 15) is 8.78 Å². The van der Waals surface area contributed by atoms with E-state index in [4.69, 9.17) is 5.73 Å². The van der Waals surface area contributed by atoms with Crippen LogP contribution in [0.5, 0.6) is 0 Å². The zero-order valence-electron chi connectivity index (χ0n) is 6.09. The normalized spacial score (nSPS) is 11.0. The number of nitrogens with two attached hydrogens (primary N) is 1. The number of alkyl halides is 2. The Balaban J connectivity index is 3.00. The summed E-state index contributed by atoms with van der Waals surface area (Å²) in [6.45, 7) is 0.232. The predicted octanol–water partition coefficient (Wildman–Crippen LogP) is 0.816. The molecule has 0 unspecified atom stereocenters. The summed E-state index contributed by atoms with van der Waals surface area (Å²) in [5.41, 5.74) is 5.87. The minimum atomic E-state index is -2.53. The number of nitrogens with zero attached hydrogens (tertiary/aromatic N) is 2. The van der Waals surface area contributed by atoms with Crippen LogP contribution in [0.1, 0.15) is 17.9 Å². The predicted molar refractivity (Wildman–Crippen MR) is 36.1 cm³/mol. The number of hydrogen-bond acceptors (Lipinski definition) is 2. The molecule has 3 nitrogen and oxygen atoms in total. The highest BCUT2D eigenvalue weighted by molar-refractivity contribution is 5.04. The number of rotatable bonds is 2. The van der Waals surface area contributed by atoms with E-state index in [0.29, 0.717) is 5.69 Å². The van der Waals surface area contributed by atoms with Crippen LogP contribution < -0.4 is 5.73 Å². The van der Waals surface area contributed by atoms with Crippen molar-refractivity contribution in [3.05, 3.63) is 17.7 Å². The first-order chi connectivity index (χ1) is 5.16. The Morgan fingerprint density at radius 3 is 2.64 bits per heavy atom. The molecule has 0 spiro atoms. The summed E-state index contributed by atoms with van der Waals surface area (Å²) in [6.07, 6.45) is -1.16. The van der Waals surface area contributed by atoms with Gasteiger partial charge >= 0.3 is 0 Å². The Kier molecular flexibility index (Phi) is 2.19. The fourth-order valence-electron chi connectivity index (χ4n) is 0.853. The third-order valence-corrected chi connectivity index (χ3v) is 1.52. The molecule has 0 aliphatic rings. The molecule has 1 aromatic rings. The lowest BCUT2D eigenvalue weighted by atomic mass is 10.5. The largest absolute Gasteiger partial charge is 0.329 e. The molecule has 0 bridgehead atoms. The molecule has 11 heavy (non-hydrogen) atoms. The van der Waals surface area contributed by atoms with Crippen molar-refractivity contribution >= 4 is 0 Å². The van der Waals surface area contributed by atoms with Crippen LogP contribution in [-0.4, -0.2) is 9.55 Å². The Labute approximate surface area is 62.8 Å². The fourth-order valence-corrected chi connectivity index (χ4v) is 0.853. The summed E-state index contributed by atoms with van der Waals surface area (Å²) >= 11 is 0. The number of aromatic nitrogens is 2. The zero-order chi connectivity index (χ0) is 8.43. The number of imidazole rings is 1. The van der Waals surface area contributed by atoms with Crippen LogP contribution in [0.3, 0.4) is 0 Å². The van der Waals surface area contributed by atoms with E-state index < -0.39 is 6.43 Å². The Bertz CT molecular complexity index is 244. The first-order valence-corrected chi connectivity index (χ1v) is 3.15. The van der Waals surface area contributed by atoms with Crippen LogP contribution in [0.15, 0.2) is 6.20 Å².